The van der Waals surface area contributed by atoms with Crippen molar-refractivity contribution in [1.29, 1.82) is 0 Å². The van der Waals surface area contributed by atoms with Gasteiger partial charge in [-0.2, -0.15) is 0 Å². The standard InChI is InChI=1S/C16H18N2OS2/c1-10-7-13(11(2)21-10)14-9-20-16(17-14)18-15(19)8-12-5-3-4-6-12/h3,5,7,9,12H,4,6,8H2,1-2H3,(H,17,18,19). The van der Waals surface area contributed by atoms with E-state index in [1.807, 2.05) is 5.38 Å². The van der Waals surface area contributed by atoms with Crippen LogP contribution >= 0.6 is 22.7 Å². The molecular weight excluding hydrogens is 300 g/mol. The lowest BCUT2D eigenvalue weighted by molar-refractivity contribution is -0.116. The molecule has 1 aliphatic rings. The second kappa shape index (κ2) is 6.12. The second-order valence-corrected chi connectivity index (χ2v) is 7.70. The SMILES string of the molecule is Cc1cc(-c2csc(NC(=O)CC3C=CCC3)n2)c(C)s1. The predicted octanol–water partition coefficient (Wildman–Crippen LogP) is 4.78. The van der Waals surface area contributed by atoms with Gasteiger partial charge in [-0.3, -0.25) is 4.79 Å². The molecule has 0 radical (unpaired) electrons. The highest BCUT2D eigenvalue weighted by Gasteiger charge is 2.16. The number of anilines is 1. The second-order valence-electron chi connectivity index (χ2n) is 5.38. The fraction of sp³-hybridized carbons (Fsp3) is 0.375. The van der Waals surface area contributed by atoms with E-state index in [1.54, 1.807) is 11.3 Å². The third kappa shape index (κ3) is 3.41. The minimum atomic E-state index is 0.0608. The summed E-state index contributed by atoms with van der Waals surface area (Å²) in [6, 6.07) is 2.16. The van der Waals surface area contributed by atoms with E-state index in [2.05, 4.69) is 42.4 Å². The highest BCUT2D eigenvalue weighted by atomic mass is 32.1. The Hall–Kier alpha value is -1.46. The van der Waals surface area contributed by atoms with Gasteiger partial charge in [-0.25, -0.2) is 4.98 Å². The Morgan fingerprint density at radius 2 is 2.33 bits per heavy atom. The molecule has 0 saturated heterocycles. The van der Waals surface area contributed by atoms with Crippen molar-refractivity contribution in [2.45, 2.75) is 33.1 Å². The molecule has 0 saturated carbocycles. The Morgan fingerprint density at radius 1 is 1.48 bits per heavy atom. The van der Waals surface area contributed by atoms with Crippen LogP contribution in [0.3, 0.4) is 0 Å². The van der Waals surface area contributed by atoms with Crippen molar-refractivity contribution in [1.82, 2.24) is 4.98 Å². The van der Waals surface area contributed by atoms with Gasteiger partial charge in [-0.1, -0.05) is 12.2 Å². The van der Waals surface area contributed by atoms with Gasteiger partial charge in [-0.15, -0.1) is 22.7 Å². The van der Waals surface area contributed by atoms with E-state index in [9.17, 15) is 4.79 Å². The number of aryl methyl sites for hydroxylation is 2. The normalized spacial score (nSPS) is 17.3. The number of thiophene rings is 1. The quantitative estimate of drug-likeness (QED) is 0.824. The van der Waals surface area contributed by atoms with Crippen molar-refractivity contribution in [2.24, 2.45) is 5.92 Å². The summed E-state index contributed by atoms with van der Waals surface area (Å²) in [4.78, 5) is 19.1. The molecule has 1 N–H and O–H groups in total. The van der Waals surface area contributed by atoms with Crippen LogP contribution in [0.5, 0.6) is 0 Å². The Labute approximate surface area is 132 Å². The number of amides is 1. The van der Waals surface area contributed by atoms with E-state index in [1.165, 1.54) is 26.7 Å². The molecule has 1 aliphatic carbocycles. The first-order chi connectivity index (χ1) is 10.1. The number of nitrogens with zero attached hydrogens (tertiary/aromatic N) is 1. The van der Waals surface area contributed by atoms with Gasteiger partial charge in [0.2, 0.25) is 5.91 Å². The molecule has 2 aromatic heterocycles. The maximum atomic E-state index is 12.0. The summed E-state index contributed by atoms with van der Waals surface area (Å²) >= 11 is 3.27. The van der Waals surface area contributed by atoms with Gasteiger partial charge in [0.05, 0.1) is 5.69 Å². The first-order valence-electron chi connectivity index (χ1n) is 7.11. The lowest BCUT2D eigenvalue weighted by Gasteiger charge is -2.06. The van der Waals surface area contributed by atoms with E-state index >= 15 is 0 Å². The van der Waals surface area contributed by atoms with Gasteiger partial charge in [0.25, 0.3) is 0 Å². The zero-order chi connectivity index (χ0) is 14.8. The maximum absolute atomic E-state index is 12.0. The fourth-order valence-corrected chi connectivity index (χ4v) is 4.27. The molecule has 3 rings (SSSR count). The van der Waals surface area contributed by atoms with Gasteiger partial charge >= 0.3 is 0 Å². The van der Waals surface area contributed by atoms with Crippen LogP contribution in [0.1, 0.15) is 29.0 Å². The molecule has 3 nitrogen and oxygen atoms in total. The summed E-state index contributed by atoms with van der Waals surface area (Å²) in [6.07, 6.45) is 7.04. The number of hydrogen-bond donors (Lipinski definition) is 1. The van der Waals surface area contributed by atoms with Crippen LogP contribution in [0.25, 0.3) is 11.3 Å². The number of allylic oxidation sites excluding steroid dienone is 2. The summed E-state index contributed by atoms with van der Waals surface area (Å²) in [5.41, 5.74) is 2.13. The molecule has 110 valence electrons. The van der Waals surface area contributed by atoms with Crippen molar-refractivity contribution in [3.05, 3.63) is 33.4 Å². The molecule has 0 aromatic carbocycles. The topological polar surface area (TPSA) is 42.0 Å². The van der Waals surface area contributed by atoms with Crippen LogP contribution in [0.4, 0.5) is 5.13 Å². The summed E-state index contributed by atoms with van der Waals surface area (Å²) in [5.74, 6) is 0.455. The molecule has 2 heterocycles. The summed E-state index contributed by atoms with van der Waals surface area (Å²) in [7, 11) is 0. The molecule has 1 unspecified atom stereocenters. The minimum absolute atomic E-state index is 0.0608. The molecular formula is C16H18N2OS2. The van der Waals surface area contributed by atoms with Crippen LogP contribution in [0.15, 0.2) is 23.6 Å². The number of thiazole rings is 1. The van der Waals surface area contributed by atoms with Gasteiger partial charge < -0.3 is 5.32 Å². The van der Waals surface area contributed by atoms with Crippen LogP contribution in [-0.4, -0.2) is 10.9 Å². The number of carbonyl (C=O) groups excluding carboxylic acids is 1. The first kappa shape index (κ1) is 14.5. The predicted molar refractivity (Wildman–Crippen MR) is 90.0 cm³/mol. The third-order valence-electron chi connectivity index (χ3n) is 3.63. The Bertz CT molecular complexity index is 684. The summed E-state index contributed by atoms with van der Waals surface area (Å²) in [5, 5.41) is 5.63. The van der Waals surface area contributed by atoms with Crippen molar-refractivity contribution < 1.29 is 4.79 Å². The van der Waals surface area contributed by atoms with E-state index in [0.29, 0.717) is 17.5 Å². The van der Waals surface area contributed by atoms with Crippen molar-refractivity contribution in [2.75, 3.05) is 5.32 Å². The smallest absolute Gasteiger partial charge is 0.226 e. The van der Waals surface area contributed by atoms with Crippen molar-refractivity contribution >= 4 is 33.7 Å². The Kier molecular flexibility index (Phi) is 4.22. The highest BCUT2D eigenvalue weighted by molar-refractivity contribution is 7.14. The zero-order valence-corrected chi connectivity index (χ0v) is 13.8. The van der Waals surface area contributed by atoms with Crippen LogP contribution in [0, 0.1) is 19.8 Å². The highest BCUT2D eigenvalue weighted by Crippen LogP contribution is 2.32. The van der Waals surface area contributed by atoms with Gasteiger partial charge in [-0.05, 0) is 38.7 Å². The van der Waals surface area contributed by atoms with Gasteiger partial charge in [0.1, 0.15) is 0 Å². The molecule has 0 spiro atoms. The number of nitrogens with one attached hydrogen (secondary N) is 1. The lowest BCUT2D eigenvalue weighted by Crippen LogP contribution is -2.14. The molecule has 0 fully saturated rings. The van der Waals surface area contributed by atoms with E-state index in [-0.39, 0.29) is 5.91 Å². The third-order valence-corrected chi connectivity index (χ3v) is 5.35. The summed E-state index contributed by atoms with van der Waals surface area (Å²) in [6.45, 7) is 4.21. The van der Waals surface area contributed by atoms with Gasteiger partial charge in [0, 0.05) is 27.1 Å². The average molecular weight is 318 g/mol. The largest absolute Gasteiger partial charge is 0.302 e. The maximum Gasteiger partial charge on any atom is 0.226 e. The van der Waals surface area contributed by atoms with E-state index < -0.39 is 0 Å². The number of carbonyl (C=O) groups is 1. The van der Waals surface area contributed by atoms with Gasteiger partial charge in [0.15, 0.2) is 5.13 Å². The fourth-order valence-electron chi connectivity index (χ4n) is 2.61. The monoisotopic (exact) mass is 318 g/mol. The lowest BCUT2D eigenvalue weighted by atomic mass is 10.1. The number of hydrogen-bond acceptors (Lipinski definition) is 4. The molecule has 0 bridgehead atoms. The van der Waals surface area contributed by atoms with Crippen LogP contribution in [0.2, 0.25) is 0 Å². The number of rotatable bonds is 4. The summed E-state index contributed by atoms with van der Waals surface area (Å²) < 4.78 is 0. The molecule has 0 aliphatic heterocycles. The zero-order valence-electron chi connectivity index (χ0n) is 12.2. The molecule has 1 amide bonds. The molecule has 1 atom stereocenters. The van der Waals surface area contributed by atoms with Crippen molar-refractivity contribution in [3.63, 3.8) is 0 Å². The molecule has 5 heteroatoms. The number of aromatic nitrogens is 1. The van der Waals surface area contributed by atoms with Crippen LogP contribution < -0.4 is 5.32 Å². The molecule has 21 heavy (non-hydrogen) atoms. The molecule has 2 aromatic rings. The van der Waals surface area contributed by atoms with Crippen molar-refractivity contribution in [3.8, 4) is 11.3 Å². The van der Waals surface area contributed by atoms with Crippen LogP contribution in [-0.2, 0) is 4.79 Å². The van der Waals surface area contributed by atoms with E-state index in [0.717, 1.165) is 18.5 Å². The average Bonchev–Trinajstić information content (AvgIpc) is 3.12. The first-order valence-corrected chi connectivity index (χ1v) is 8.81. The Morgan fingerprint density at radius 3 is 3.00 bits per heavy atom. The minimum Gasteiger partial charge on any atom is -0.302 e. The Balaban J connectivity index is 1.66. The van der Waals surface area contributed by atoms with E-state index in [4.69, 9.17) is 0 Å².